The van der Waals surface area contributed by atoms with E-state index < -0.39 is 5.60 Å². The van der Waals surface area contributed by atoms with Gasteiger partial charge in [-0.3, -0.25) is 9.78 Å². The van der Waals surface area contributed by atoms with Crippen molar-refractivity contribution in [2.75, 3.05) is 26.2 Å². The molecule has 1 aliphatic rings. The fourth-order valence-electron chi connectivity index (χ4n) is 3.86. The second-order valence-corrected chi connectivity index (χ2v) is 9.09. The van der Waals surface area contributed by atoms with Crippen LogP contribution in [-0.2, 0) is 16.0 Å². The molecule has 0 aliphatic carbocycles. The van der Waals surface area contributed by atoms with Crippen molar-refractivity contribution in [1.82, 2.24) is 15.2 Å². The van der Waals surface area contributed by atoms with Crippen LogP contribution in [0.2, 0.25) is 0 Å². The molecule has 3 N–H and O–H groups in total. The number of aromatic nitrogens is 1. The summed E-state index contributed by atoms with van der Waals surface area (Å²) in [5.41, 5.74) is 5.96. The highest BCUT2D eigenvalue weighted by atomic mass is 16.6. The maximum absolute atomic E-state index is 12.1. The fraction of sp³-hybridized carbons (Fsp3) is 0.682. The van der Waals surface area contributed by atoms with Crippen molar-refractivity contribution in [2.24, 2.45) is 17.6 Å². The van der Waals surface area contributed by atoms with Crippen LogP contribution in [0, 0.1) is 11.8 Å². The minimum absolute atomic E-state index is 0.224. The highest BCUT2D eigenvalue weighted by Gasteiger charge is 2.24. The largest absolute Gasteiger partial charge is 0.444 e. The Morgan fingerprint density at radius 2 is 2.21 bits per heavy atom. The molecule has 1 aliphatic heterocycles. The van der Waals surface area contributed by atoms with E-state index in [1.807, 2.05) is 33.0 Å². The molecule has 0 bridgehead atoms. The minimum atomic E-state index is -0.510. The molecule has 0 saturated carbocycles. The fourth-order valence-corrected chi connectivity index (χ4v) is 3.86. The molecule has 2 rings (SSSR count). The SMILES string of the molecule is CC(C)(C)OC(=O)NCC(Cc1cccnc1)CN1CCCC(CCC(N)=O)C1. The minimum Gasteiger partial charge on any atom is -0.444 e. The first-order valence-corrected chi connectivity index (χ1v) is 10.6. The Kier molecular flexibility index (Phi) is 8.89. The summed E-state index contributed by atoms with van der Waals surface area (Å²) >= 11 is 0. The molecule has 1 fully saturated rings. The molecule has 1 saturated heterocycles. The van der Waals surface area contributed by atoms with E-state index >= 15 is 0 Å². The van der Waals surface area contributed by atoms with Gasteiger partial charge in [0.15, 0.2) is 0 Å². The number of ether oxygens (including phenoxy) is 1. The summed E-state index contributed by atoms with van der Waals surface area (Å²) in [6.45, 7) is 9.04. The molecule has 0 aromatic carbocycles. The van der Waals surface area contributed by atoms with Gasteiger partial charge in [0.25, 0.3) is 0 Å². The number of pyridine rings is 1. The zero-order chi connectivity index (χ0) is 21.3. The van der Waals surface area contributed by atoms with Crippen molar-refractivity contribution in [1.29, 1.82) is 0 Å². The smallest absolute Gasteiger partial charge is 0.407 e. The van der Waals surface area contributed by atoms with Crippen LogP contribution >= 0.6 is 0 Å². The van der Waals surface area contributed by atoms with Crippen LogP contribution < -0.4 is 11.1 Å². The summed E-state index contributed by atoms with van der Waals surface area (Å²) in [4.78, 5) is 29.9. The number of nitrogens with one attached hydrogen (secondary N) is 1. The maximum atomic E-state index is 12.1. The van der Waals surface area contributed by atoms with E-state index in [0.717, 1.165) is 50.9 Å². The van der Waals surface area contributed by atoms with Gasteiger partial charge in [-0.25, -0.2) is 4.79 Å². The van der Waals surface area contributed by atoms with Crippen LogP contribution in [0.1, 0.15) is 52.0 Å². The molecule has 0 radical (unpaired) electrons. The summed E-state index contributed by atoms with van der Waals surface area (Å²) in [6.07, 6.45) is 7.69. The molecule has 2 atom stereocenters. The van der Waals surface area contributed by atoms with E-state index in [1.54, 1.807) is 6.20 Å². The maximum Gasteiger partial charge on any atom is 0.407 e. The van der Waals surface area contributed by atoms with Gasteiger partial charge in [-0.2, -0.15) is 0 Å². The van der Waals surface area contributed by atoms with Gasteiger partial charge in [-0.05, 0) is 76.5 Å². The van der Waals surface area contributed by atoms with E-state index in [-0.39, 0.29) is 17.9 Å². The molecular weight excluding hydrogens is 368 g/mol. The van der Waals surface area contributed by atoms with Crippen LogP contribution in [0.25, 0.3) is 0 Å². The number of alkyl carbamates (subject to hydrolysis) is 1. The first-order valence-electron chi connectivity index (χ1n) is 10.6. The first-order chi connectivity index (χ1) is 13.7. The van der Waals surface area contributed by atoms with Gasteiger partial charge in [0.05, 0.1) is 0 Å². The normalized spacial score (nSPS) is 18.8. The van der Waals surface area contributed by atoms with E-state index in [9.17, 15) is 9.59 Å². The van der Waals surface area contributed by atoms with Crippen LogP contribution in [-0.4, -0.2) is 53.7 Å². The second kappa shape index (κ2) is 11.1. The van der Waals surface area contributed by atoms with Crippen molar-refractivity contribution in [3.8, 4) is 0 Å². The van der Waals surface area contributed by atoms with Gasteiger partial charge < -0.3 is 20.7 Å². The van der Waals surface area contributed by atoms with Crippen molar-refractivity contribution in [3.63, 3.8) is 0 Å². The Morgan fingerprint density at radius 3 is 2.86 bits per heavy atom. The molecule has 0 spiro atoms. The zero-order valence-corrected chi connectivity index (χ0v) is 18.0. The Labute approximate surface area is 174 Å². The average molecular weight is 405 g/mol. The van der Waals surface area contributed by atoms with Gasteiger partial charge in [-0.1, -0.05) is 6.07 Å². The quantitative estimate of drug-likeness (QED) is 0.659. The number of nitrogens with zero attached hydrogens (tertiary/aromatic N) is 2. The van der Waals surface area contributed by atoms with Crippen molar-refractivity contribution in [2.45, 2.75) is 58.5 Å². The van der Waals surface area contributed by atoms with Crippen LogP contribution in [0.3, 0.4) is 0 Å². The molecule has 2 unspecified atom stereocenters. The van der Waals surface area contributed by atoms with E-state index in [2.05, 4.69) is 21.3 Å². The van der Waals surface area contributed by atoms with Crippen molar-refractivity contribution in [3.05, 3.63) is 30.1 Å². The lowest BCUT2D eigenvalue weighted by molar-refractivity contribution is -0.118. The number of hydrogen-bond donors (Lipinski definition) is 2. The van der Waals surface area contributed by atoms with Crippen molar-refractivity contribution >= 4 is 12.0 Å². The Morgan fingerprint density at radius 1 is 1.41 bits per heavy atom. The topological polar surface area (TPSA) is 97.6 Å². The average Bonchev–Trinajstić information content (AvgIpc) is 2.64. The lowest BCUT2D eigenvalue weighted by Gasteiger charge is -2.35. The Balaban J connectivity index is 1.93. The number of amides is 2. The molecule has 162 valence electrons. The van der Waals surface area contributed by atoms with Crippen molar-refractivity contribution < 1.29 is 14.3 Å². The predicted octanol–water partition coefficient (Wildman–Crippen LogP) is 2.74. The summed E-state index contributed by atoms with van der Waals surface area (Å²) in [6, 6.07) is 4.01. The third kappa shape index (κ3) is 9.74. The molecular formula is C22H36N4O3. The number of primary amides is 1. The summed E-state index contributed by atoms with van der Waals surface area (Å²) in [5.74, 6) is 0.536. The molecule has 7 heteroatoms. The first kappa shape index (κ1) is 23.1. The predicted molar refractivity (Wildman–Crippen MR) is 113 cm³/mol. The Hall–Kier alpha value is -2.15. The van der Waals surface area contributed by atoms with Gasteiger partial charge in [0.1, 0.15) is 5.60 Å². The van der Waals surface area contributed by atoms with E-state index in [4.69, 9.17) is 10.5 Å². The lowest BCUT2D eigenvalue weighted by Crippen LogP contribution is -2.43. The van der Waals surface area contributed by atoms with E-state index in [0.29, 0.717) is 18.9 Å². The number of nitrogens with two attached hydrogens (primary N) is 1. The summed E-state index contributed by atoms with van der Waals surface area (Å²) < 4.78 is 5.38. The van der Waals surface area contributed by atoms with Crippen LogP contribution in [0.5, 0.6) is 0 Å². The monoisotopic (exact) mass is 404 g/mol. The van der Waals surface area contributed by atoms with Crippen LogP contribution in [0.4, 0.5) is 4.79 Å². The van der Waals surface area contributed by atoms with E-state index in [1.165, 1.54) is 0 Å². The molecule has 1 aromatic heterocycles. The molecule has 2 heterocycles. The number of carbonyl (C=O) groups excluding carboxylic acids is 2. The van der Waals surface area contributed by atoms with Gasteiger partial charge in [0, 0.05) is 38.4 Å². The standard InChI is InChI=1S/C22H36N4O3/c1-22(2,3)29-21(28)25-14-19(12-18-6-4-10-24-13-18)16-26-11-5-7-17(15-26)8-9-20(23)27/h4,6,10,13,17,19H,5,7-9,11-12,14-16H2,1-3H3,(H2,23,27)(H,25,28). The third-order valence-corrected chi connectivity index (χ3v) is 5.10. The summed E-state index contributed by atoms with van der Waals surface area (Å²) in [7, 11) is 0. The highest BCUT2D eigenvalue weighted by molar-refractivity contribution is 5.73. The van der Waals surface area contributed by atoms with Gasteiger partial charge in [0.2, 0.25) is 5.91 Å². The number of carbonyl (C=O) groups is 2. The highest BCUT2D eigenvalue weighted by Crippen LogP contribution is 2.22. The number of piperidine rings is 1. The molecule has 29 heavy (non-hydrogen) atoms. The number of hydrogen-bond acceptors (Lipinski definition) is 5. The number of likely N-dealkylation sites (tertiary alicyclic amines) is 1. The van der Waals surface area contributed by atoms with Crippen LogP contribution in [0.15, 0.2) is 24.5 Å². The molecule has 7 nitrogen and oxygen atoms in total. The molecule has 1 aromatic rings. The lowest BCUT2D eigenvalue weighted by atomic mass is 9.91. The Bertz CT molecular complexity index is 645. The molecule has 2 amide bonds. The van der Waals surface area contributed by atoms with Gasteiger partial charge in [-0.15, -0.1) is 0 Å². The van der Waals surface area contributed by atoms with Gasteiger partial charge >= 0.3 is 6.09 Å². The zero-order valence-electron chi connectivity index (χ0n) is 18.0. The second-order valence-electron chi connectivity index (χ2n) is 9.09. The number of rotatable bonds is 9. The third-order valence-electron chi connectivity index (χ3n) is 5.10. The summed E-state index contributed by atoms with van der Waals surface area (Å²) in [5, 5.41) is 2.93.